The van der Waals surface area contributed by atoms with Crippen LogP contribution in [0.5, 0.6) is 0 Å². The molecule has 2 aromatic carbocycles. The molecule has 1 N–H and O–H groups in total. The molecule has 0 spiro atoms. The topological polar surface area (TPSA) is 12.0 Å². The summed E-state index contributed by atoms with van der Waals surface area (Å²) in [7, 11) is 0. The zero-order chi connectivity index (χ0) is 18.4. The Morgan fingerprint density at radius 1 is 1.15 bits per heavy atom. The van der Waals surface area contributed by atoms with Gasteiger partial charge in [-0.25, -0.2) is 4.39 Å². The van der Waals surface area contributed by atoms with Gasteiger partial charge in [0.2, 0.25) is 0 Å². The van der Waals surface area contributed by atoms with Gasteiger partial charge < -0.3 is 5.32 Å². The van der Waals surface area contributed by atoms with Crippen LogP contribution < -0.4 is 5.32 Å². The Morgan fingerprint density at radius 3 is 2.77 bits per heavy atom. The standard InChI is InChI=1S/C23H24FNS/c1-3-4-7-19-9-10-22(20-12-14-26-16-20)17(2)23(19)25-13-11-18-6-5-8-21(24)15-18/h3,5-6,8-10,12,14-16,25H,1,4,7,11,13H2,2H3. The average Bonchev–Trinajstić information content (AvgIpc) is 3.16. The third-order valence-electron chi connectivity index (χ3n) is 4.61. The van der Waals surface area contributed by atoms with E-state index in [1.165, 1.54) is 34.0 Å². The molecular formula is C23H24FNS. The van der Waals surface area contributed by atoms with E-state index in [-0.39, 0.29) is 5.82 Å². The maximum Gasteiger partial charge on any atom is 0.123 e. The lowest BCUT2D eigenvalue weighted by Crippen LogP contribution is -2.09. The molecule has 3 aromatic rings. The van der Waals surface area contributed by atoms with Gasteiger partial charge in [-0.15, -0.1) is 6.58 Å². The molecule has 0 aliphatic rings. The zero-order valence-electron chi connectivity index (χ0n) is 15.1. The van der Waals surface area contributed by atoms with Crippen molar-refractivity contribution in [3.8, 4) is 11.1 Å². The Bertz CT molecular complexity index is 868. The molecule has 0 saturated heterocycles. The van der Waals surface area contributed by atoms with Crippen LogP contribution in [0.15, 0.2) is 65.9 Å². The number of hydrogen-bond donors (Lipinski definition) is 1. The second kappa shape index (κ2) is 8.81. The highest BCUT2D eigenvalue weighted by Gasteiger charge is 2.11. The van der Waals surface area contributed by atoms with Crippen LogP contribution in [0.3, 0.4) is 0 Å². The lowest BCUT2D eigenvalue weighted by molar-refractivity contribution is 0.625. The number of allylic oxidation sites excluding steroid dienone is 1. The van der Waals surface area contributed by atoms with E-state index < -0.39 is 0 Å². The minimum Gasteiger partial charge on any atom is -0.384 e. The molecule has 0 saturated carbocycles. The van der Waals surface area contributed by atoms with Crippen LogP contribution in [0, 0.1) is 12.7 Å². The fourth-order valence-corrected chi connectivity index (χ4v) is 3.89. The number of hydrogen-bond acceptors (Lipinski definition) is 2. The van der Waals surface area contributed by atoms with Gasteiger partial charge in [0, 0.05) is 12.2 Å². The van der Waals surface area contributed by atoms with Gasteiger partial charge in [0.1, 0.15) is 5.82 Å². The largest absolute Gasteiger partial charge is 0.384 e. The molecule has 0 aliphatic heterocycles. The maximum atomic E-state index is 13.4. The van der Waals surface area contributed by atoms with E-state index in [1.54, 1.807) is 23.5 Å². The molecule has 0 bridgehead atoms. The van der Waals surface area contributed by atoms with E-state index in [0.717, 1.165) is 31.4 Å². The van der Waals surface area contributed by atoms with Crippen LogP contribution in [-0.4, -0.2) is 6.54 Å². The number of nitrogens with one attached hydrogen (secondary N) is 1. The van der Waals surface area contributed by atoms with E-state index in [2.05, 4.69) is 47.8 Å². The summed E-state index contributed by atoms with van der Waals surface area (Å²) in [6, 6.07) is 13.4. The first kappa shape index (κ1) is 18.4. The summed E-state index contributed by atoms with van der Waals surface area (Å²) in [5, 5.41) is 7.90. The van der Waals surface area contributed by atoms with Crippen molar-refractivity contribution >= 4 is 17.0 Å². The molecule has 1 heterocycles. The Hall–Kier alpha value is -2.39. The van der Waals surface area contributed by atoms with Crippen molar-refractivity contribution in [3.63, 3.8) is 0 Å². The summed E-state index contributed by atoms with van der Waals surface area (Å²) in [5.41, 5.74) is 7.31. The Morgan fingerprint density at radius 2 is 2.04 bits per heavy atom. The van der Waals surface area contributed by atoms with Gasteiger partial charge in [-0.1, -0.05) is 30.3 Å². The summed E-state index contributed by atoms with van der Waals surface area (Å²) in [4.78, 5) is 0. The Labute approximate surface area is 159 Å². The van der Waals surface area contributed by atoms with Crippen molar-refractivity contribution in [1.82, 2.24) is 0 Å². The number of thiophene rings is 1. The van der Waals surface area contributed by atoms with Crippen LogP contribution in [0.1, 0.15) is 23.1 Å². The van der Waals surface area contributed by atoms with Crippen LogP contribution >= 0.6 is 11.3 Å². The monoisotopic (exact) mass is 365 g/mol. The minimum absolute atomic E-state index is 0.176. The molecule has 0 fully saturated rings. The molecular weight excluding hydrogens is 341 g/mol. The number of rotatable bonds is 8. The molecule has 0 aliphatic carbocycles. The average molecular weight is 366 g/mol. The third-order valence-corrected chi connectivity index (χ3v) is 5.29. The first-order valence-electron chi connectivity index (χ1n) is 8.93. The third kappa shape index (κ3) is 4.41. The van der Waals surface area contributed by atoms with E-state index in [0.29, 0.717) is 0 Å². The van der Waals surface area contributed by atoms with Crippen molar-refractivity contribution in [2.75, 3.05) is 11.9 Å². The minimum atomic E-state index is -0.176. The molecule has 1 nitrogen and oxygen atoms in total. The van der Waals surface area contributed by atoms with Crippen LogP contribution in [0.2, 0.25) is 0 Å². The molecule has 0 amide bonds. The SMILES string of the molecule is C=CCCc1ccc(-c2ccsc2)c(C)c1NCCc1cccc(F)c1. The van der Waals surface area contributed by atoms with Crippen LogP contribution in [0.25, 0.3) is 11.1 Å². The first-order valence-corrected chi connectivity index (χ1v) is 9.87. The zero-order valence-corrected chi connectivity index (χ0v) is 15.9. The number of anilines is 1. The number of halogens is 1. The smallest absolute Gasteiger partial charge is 0.123 e. The molecule has 1 aromatic heterocycles. The predicted molar refractivity (Wildman–Crippen MR) is 112 cm³/mol. The highest BCUT2D eigenvalue weighted by molar-refractivity contribution is 7.08. The molecule has 26 heavy (non-hydrogen) atoms. The van der Waals surface area contributed by atoms with E-state index >= 15 is 0 Å². The lowest BCUT2D eigenvalue weighted by Gasteiger charge is -2.18. The van der Waals surface area contributed by atoms with E-state index in [4.69, 9.17) is 0 Å². The molecule has 0 unspecified atom stereocenters. The highest BCUT2D eigenvalue weighted by atomic mass is 32.1. The van der Waals surface area contributed by atoms with Gasteiger partial charge in [0.25, 0.3) is 0 Å². The lowest BCUT2D eigenvalue weighted by atomic mass is 9.95. The summed E-state index contributed by atoms with van der Waals surface area (Å²) < 4.78 is 13.4. The Balaban J connectivity index is 1.82. The summed E-state index contributed by atoms with van der Waals surface area (Å²) in [5.74, 6) is -0.176. The molecule has 3 rings (SSSR count). The van der Waals surface area contributed by atoms with Crippen molar-refractivity contribution < 1.29 is 4.39 Å². The summed E-state index contributed by atoms with van der Waals surface area (Å²) in [6.45, 7) is 6.79. The van der Waals surface area contributed by atoms with Gasteiger partial charge in [-0.05, 0) is 83.0 Å². The number of aryl methyl sites for hydroxylation is 1. The molecule has 134 valence electrons. The fraction of sp³-hybridized carbons (Fsp3) is 0.217. The van der Waals surface area contributed by atoms with Gasteiger partial charge in [0.05, 0.1) is 0 Å². The molecule has 0 atom stereocenters. The fourth-order valence-electron chi connectivity index (χ4n) is 3.23. The summed E-state index contributed by atoms with van der Waals surface area (Å²) in [6.07, 6.45) is 4.67. The quantitative estimate of drug-likeness (QED) is 0.441. The second-order valence-corrected chi connectivity index (χ2v) is 7.20. The Kier molecular flexibility index (Phi) is 6.24. The van der Waals surface area contributed by atoms with Gasteiger partial charge in [0.15, 0.2) is 0 Å². The predicted octanol–water partition coefficient (Wildman–Crippen LogP) is 6.64. The van der Waals surface area contributed by atoms with Gasteiger partial charge in [-0.2, -0.15) is 11.3 Å². The van der Waals surface area contributed by atoms with Crippen molar-refractivity contribution in [1.29, 1.82) is 0 Å². The molecule has 0 radical (unpaired) electrons. The van der Waals surface area contributed by atoms with Crippen LogP contribution in [-0.2, 0) is 12.8 Å². The van der Waals surface area contributed by atoms with Crippen molar-refractivity contribution in [3.05, 3.63) is 88.4 Å². The second-order valence-electron chi connectivity index (χ2n) is 6.42. The van der Waals surface area contributed by atoms with E-state index in [1.807, 2.05) is 12.1 Å². The van der Waals surface area contributed by atoms with Crippen molar-refractivity contribution in [2.45, 2.75) is 26.2 Å². The van der Waals surface area contributed by atoms with Gasteiger partial charge in [-0.3, -0.25) is 0 Å². The normalized spacial score (nSPS) is 10.7. The first-order chi connectivity index (χ1) is 12.7. The van der Waals surface area contributed by atoms with Gasteiger partial charge >= 0.3 is 0 Å². The maximum absolute atomic E-state index is 13.4. The van der Waals surface area contributed by atoms with Crippen LogP contribution in [0.4, 0.5) is 10.1 Å². The summed E-state index contributed by atoms with van der Waals surface area (Å²) >= 11 is 1.71. The molecule has 3 heteroatoms. The van der Waals surface area contributed by atoms with E-state index in [9.17, 15) is 4.39 Å². The van der Waals surface area contributed by atoms with Crippen molar-refractivity contribution in [2.24, 2.45) is 0 Å². The number of benzene rings is 2. The highest BCUT2D eigenvalue weighted by Crippen LogP contribution is 2.33.